The van der Waals surface area contributed by atoms with E-state index in [0.29, 0.717) is 36.2 Å². The molecule has 5 fully saturated rings. The van der Waals surface area contributed by atoms with Gasteiger partial charge in [0.05, 0.1) is 16.9 Å². The monoisotopic (exact) mass is 783 g/mol. The quantitative estimate of drug-likeness (QED) is 0.199. The molecule has 0 bridgehead atoms. The van der Waals surface area contributed by atoms with Crippen molar-refractivity contribution in [3.05, 3.63) is 87.4 Å². The molecule has 0 unspecified atom stereocenters. The number of carbonyl (C=O) groups is 3. The van der Waals surface area contributed by atoms with E-state index in [-0.39, 0.29) is 41.2 Å². The summed E-state index contributed by atoms with van der Waals surface area (Å²) in [6.07, 6.45) is 20.8. The fourth-order valence-corrected chi connectivity index (χ4v) is 9.30. The van der Waals surface area contributed by atoms with Crippen LogP contribution in [0.25, 0.3) is 17.1 Å². The van der Waals surface area contributed by atoms with Gasteiger partial charge in [-0.05, 0) is 126 Å². The van der Waals surface area contributed by atoms with Gasteiger partial charge in [-0.15, -0.1) is 0 Å². The Morgan fingerprint density at radius 3 is 2.47 bits per heavy atom. The van der Waals surface area contributed by atoms with E-state index in [1.807, 2.05) is 35.1 Å². The second-order valence-electron chi connectivity index (χ2n) is 17.2. The molecule has 58 heavy (non-hydrogen) atoms. The van der Waals surface area contributed by atoms with E-state index in [1.54, 1.807) is 21.7 Å². The lowest BCUT2D eigenvalue weighted by Crippen LogP contribution is -2.49. The maximum atomic E-state index is 13.6. The number of anilines is 2. The molecule has 5 heterocycles. The first-order valence-corrected chi connectivity index (χ1v) is 21.3. The number of likely N-dealkylation sites (tertiary alicyclic amines) is 1. The second-order valence-corrected chi connectivity index (χ2v) is 17.2. The van der Waals surface area contributed by atoms with E-state index in [4.69, 9.17) is 9.84 Å². The number of rotatable bonds is 11. The predicted octanol–water partition coefficient (Wildman–Crippen LogP) is 5.28. The zero-order chi connectivity index (χ0) is 39.3. The highest BCUT2D eigenvalue weighted by Crippen LogP contribution is 2.35. The minimum Gasteiger partial charge on any atom is -0.490 e. The maximum Gasteiger partial charge on any atom is 0.328 e. The van der Waals surface area contributed by atoms with Crippen LogP contribution in [0.5, 0.6) is 5.75 Å². The largest absolute Gasteiger partial charge is 0.490 e. The molecule has 0 atom stereocenters. The van der Waals surface area contributed by atoms with Gasteiger partial charge in [-0.1, -0.05) is 4.68 Å². The van der Waals surface area contributed by atoms with Gasteiger partial charge in [-0.2, -0.15) is 0 Å². The Balaban J connectivity index is 0.719. The van der Waals surface area contributed by atoms with Crippen LogP contribution >= 0.6 is 0 Å². The number of hydrogen-bond donors (Lipinski definition) is 2. The Labute approximate surface area is 336 Å². The lowest BCUT2D eigenvalue weighted by atomic mass is 9.81. The summed E-state index contributed by atoms with van der Waals surface area (Å²) in [5, 5.41) is 12.9. The van der Waals surface area contributed by atoms with E-state index >= 15 is 0 Å². The molecule has 2 saturated heterocycles. The lowest BCUT2D eigenvalue weighted by Gasteiger charge is -2.34. The van der Waals surface area contributed by atoms with E-state index in [2.05, 4.69) is 50.7 Å². The molecule has 13 heteroatoms. The van der Waals surface area contributed by atoms with Crippen LogP contribution in [0.15, 0.2) is 70.8 Å². The number of pyridine rings is 1. The first-order valence-electron chi connectivity index (χ1n) is 21.3. The van der Waals surface area contributed by atoms with Gasteiger partial charge in [-0.3, -0.25) is 24.6 Å². The normalized spacial score (nSPS) is 23.4. The highest BCUT2D eigenvalue weighted by molar-refractivity contribution is 6.07. The van der Waals surface area contributed by atoms with Gasteiger partial charge in [0, 0.05) is 84.2 Å². The van der Waals surface area contributed by atoms with Crippen LogP contribution in [0.2, 0.25) is 0 Å². The zero-order valence-corrected chi connectivity index (χ0v) is 32.9. The minimum absolute atomic E-state index is 0.109. The molecule has 2 aromatic heterocycles. The highest BCUT2D eigenvalue weighted by Gasteiger charge is 2.30. The summed E-state index contributed by atoms with van der Waals surface area (Å²) in [4.78, 5) is 54.9. The van der Waals surface area contributed by atoms with Crippen LogP contribution in [-0.2, 0) is 4.79 Å². The lowest BCUT2D eigenvalue weighted by molar-refractivity contribution is -0.424. The molecule has 0 radical (unpaired) electrons. The zero-order valence-electron chi connectivity index (χ0n) is 32.9. The molecule has 13 nitrogen and oxygen atoms in total. The summed E-state index contributed by atoms with van der Waals surface area (Å²) >= 11 is 0. The predicted molar refractivity (Wildman–Crippen MR) is 221 cm³/mol. The van der Waals surface area contributed by atoms with Crippen molar-refractivity contribution in [1.82, 2.24) is 19.4 Å². The average molecular weight is 784 g/mol. The van der Waals surface area contributed by atoms with Crippen molar-refractivity contribution in [2.45, 2.75) is 95.2 Å². The van der Waals surface area contributed by atoms with Gasteiger partial charge in [-0.25, -0.2) is 4.79 Å². The molecule has 2 aromatic carbocycles. The summed E-state index contributed by atoms with van der Waals surface area (Å²) in [6.45, 7) is 3.75. The number of urea groups is 1. The molecule has 2 N–H and O–H groups in total. The molecular formula is C45H51N8O5+. The Bertz CT molecular complexity index is 2500. The number of fused-ring (bicyclic) bond motifs is 2. The SMILES string of the molecule is O=C1CCN(c2ccc3c(ccn3C3CCN(CCC4CCC(/C=[N+]5/C=c6cc(C(=O)Nc7cccn(C8CC8)c7=O)c(OC7CC7)cc6=N5)CC4)CC3)c2)C(=O)N1. The third-order valence-corrected chi connectivity index (χ3v) is 13.0. The van der Waals surface area contributed by atoms with Gasteiger partial charge >= 0.3 is 6.03 Å². The summed E-state index contributed by atoms with van der Waals surface area (Å²) in [7, 11) is 0. The van der Waals surface area contributed by atoms with E-state index in [1.165, 1.54) is 24.8 Å². The van der Waals surface area contributed by atoms with Gasteiger partial charge < -0.3 is 24.1 Å². The number of imide groups is 1. The molecule has 4 aromatic rings. The fourth-order valence-electron chi connectivity index (χ4n) is 9.30. The van der Waals surface area contributed by atoms with Crippen LogP contribution in [0, 0.1) is 11.8 Å². The Kier molecular flexibility index (Phi) is 9.71. The third kappa shape index (κ3) is 7.71. The number of piperidine rings is 1. The molecule has 3 aliphatic heterocycles. The Hall–Kier alpha value is -5.56. The smallest absolute Gasteiger partial charge is 0.328 e. The molecule has 3 aliphatic carbocycles. The number of amides is 4. The van der Waals surface area contributed by atoms with Gasteiger partial charge in [0.1, 0.15) is 16.8 Å². The summed E-state index contributed by atoms with van der Waals surface area (Å²) in [6, 6.07) is 15.8. The second kappa shape index (κ2) is 15.3. The topological polar surface area (TPSA) is 133 Å². The van der Waals surface area contributed by atoms with Crippen molar-refractivity contribution < 1.29 is 23.8 Å². The number of ether oxygens (including phenoxy) is 1. The van der Waals surface area contributed by atoms with E-state index < -0.39 is 0 Å². The van der Waals surface area contributed by atoms with Crippen LogP contribution in [0.4, 0.5) is 16.2 Å². The van der Waals surface area contributed by atoms with Crippen LogP contribution in [0.3, 0.4) is 0 Å². The molecule has 300 valence electrons. The first kappa shape index (κ1) is 36.8. The maximum absolute atomic E-state index is 13.6. The van der Waals surface area contributed by atoms with Crippen LogP contribution in [-0.4, -0.2) is 75.1 Å². The fraction of sp³-hybridized carbons (Fsp3) is 0.467. The van der Waals surface area contributed by atoms with E-state index in [9.17, 15) is 19.2 Å². The Morgan fingerprint density at radius 2 is 1.69 bits per heavy atom. The number of nitrogens with one attached hydrogen (secondary N) is 2. The van der Waals surface area contributed by atoms with Crippen molar-refractivity contribution in [3.8, 4) is 5.75 Å². The van der Waals surface area contributed by atoms with Crippen molar-refractivity contribution >= 4 is 52.5 Å². The average Bonchev–Trinajstić information content (AvgIpc) is 4.16. The molecule has 3 saturated carbocycles. The van der Waals surface area contributed by atoms with Crippen LogP contribution < -0.4 is 36.4 Å². The van der Waals surface area contributed by atoms with Gasteiger partial charge in [0.2, 0.25) is 12.1 Å². The van der Waals surface area contributed by atoms with Crippen molar-refractivity contribution in [3.63, 3.8) is 0 Å². The summed E-state index contributed by atoms with van der Waals surface area (Å²) in [5.74, 6) is 1.14. The van der Waals surface area contributed by atoms with E-state index in [0.717, 1.165) is 98.6 Å². The van der Waals surface area contributed by atoms with Crippen LogP contribution in [0.1, 0.15) is 99.5 Å². The Morgan fingerprint density at radius 1 is 0.879 bits per heavy atom. The standard InChI is InChI=1S/C45H50N8O5/c54-42-17-23-53(45(57)47-42)35-9-12-40-31(24-35)14-22-51(40)34-15-20-49(21-16-34)19-13-29-3-5-30(6-4-29)27-50-28-32-25-37(41(26-39(32)48-50)58-36-10-11-36)43(55)46-38-2-1-18-52(44(38)56)33-7-8-33/h1-2,9,12,14,18,22,24-30,33-34,36H,3-8,10-11,13,15-17,19-21,23H2,(H-,46,47,54,55,57)/p+1/b50-27-. The van der Waals surface area contributed by atoms with Crippen molar-refractivity contribution in [2.75, 3.05) is 36.4 Å². The minimum atomic E-state index is -0.350. The molecule has 4 amide bonds. The number of aromatic nitrogens is 2. The number of benzene rings is 2. The molecule has 0 spiro atoms. The van der Waals surface area contributed by atoms with Crippen molar-refractivity contribution in [1.29, 1.82) is 0 Å². The van der Waals surface area contributed by atoms with Gasteiger partial charge in [0.25, 0.3) is 11.5 Å². The summed E-state index contributed by atoms with van der Waals surface area (Å²) in [5.41, 5.74) is 2.55. The number of hydrogen-bond acceptors (Lipinski definition) is 7. The number of nitrogens with zero attached hydrogens (tertiary/aromatic N) is 6. The molecular weight excluding hydrogens is 733 g/mol. The van der Waals surface area contributed by atoms with Gasteiger partial charge in [0.15, 0.2) is 6.21 Å². The first-order chi connectivity index (χ1) is 28.3. The summed E-state index contributed by atoms with van der Waals surface area (Å²) < 4.78 is 12.3. The number of carbonyl (C=O) groups excluding carboxylic acids is 3. The van der Waals surface area contributed by atoms with Crippen molar-refractivity contribution in [2.24, 2.45) is 16.9 Å². The highest BCUT2D eigenvalue weighted by atomic mass is 16.5. The molecule has 6 aliphatic rings. The third-order valence-electron chi connectivity index (χ3n) is 13.0. The molecule has 10 rings (SSSR count).